The quantitative estimate of drug-likeness (QED) is 0.802. The van der Waals surface area contributed by atoms with Crippen LogP contribution in [0.4, 0.5) is 4.39 Å². The second-order valence-electron chi connectivity index (χ2n) is 6.62. The molecule has 1 saturated carbocycles. The fraction of sp³-hybridized carbons (Fsp3) is 0.381. The van der Waals surface area contributed by atoms with Crippen LogP contribution in [0, 0.1) is 11.7 Å². The van der Waals surface area contributed by atoms with Crippen molar-refractivity contribution < 1.29 is 18.7 Å². The van der Waals surface area contributed by atoms with Crippen molar-refractivity contribution in [1.82, 2.24) is 5.32 Å². The first-order valence-electron chi connectivity index (χ1n) is 8.82. The zero-order valence-corrected chi connectivity index (χ0v) is 15.1. The minimum absolute atomic E-state index is 0.0266. The van der Waals surface area contributed by atoms with E-state index in [1.807, 2.05) is 24.3 Å². The Labute approximate surface area is 153 Å². The Balaban J connectivity index is 1.75. The molecule has 0 unspecified atom stereocenters. The third-order valence-electron chi connectivity index (χ3n) is 5.14. The lowest BCUT2D eigenvalue weighted by Crippen LogP contribution is -2.34. The van der Waals surface area contributed by atoms with Gasteiger partial charge in [-0.25, -0.2) is 4.39 Å². The molecular weight excluding hydrogens is 333 g/mol. The van der Waals surface area contributed by atoms with E-state index in [2.05, 4.69) is 5.32 Å². The molecule has 3 rings (SSSR count). The van der Waals surface area contributed by atoms with E-state index < -0.39 is 0 Å². The van der Waals surface area contributed by atoms with Gasteiger partial charge in [0.15, 0.2) is 0 Å². The lowest BCUT2D eigenvalue weighted by atomic mass is 9.86. The van der Waals surface area contributed by atoms with Gasteiger partial charge in [-0.2, -0.15) is 0 Å². The molecule has 0 amide bonds. The lowest BCUT2D eigenvalue weighted by molar-refractivity contribution is -0.145. The number of methoxy groups -OCH3 is 2. The number of rotatable bonds is 6. The predicted molar refractivity (Wildman–Crippen MR) is 97.5 cm³/mol. The largest absolute Gasteiger partial charge is 0.497 e. The van der Waals surface area contributed by atoms with Gasteiger partial charge in [-0.1, -0.05) is 24.3 Å². The Bertz CT molecular complexity index is 730. The maximum Gasteiger partial charge on any atom is 0.309 e. The highest BCUT2D eigenvalue weighted by Crippen LogP contribution is 2.40. The number of carbonyl (C=O) groups excluding carboxylic acids is 1. The SMILES string of the molecule is COC(=O)[C@H]1CC[C@@H](NCc2ccc(OC)cc2)[C@@H]1c1ccc(F)cc1. The third kappa shape index (κ3) is 4.05. The highest BCUT2D eigenvalue weighted by atomic mass is 19.1. The second-order valence-corrected chi connectivity index (χ2v) is 6.62. The van der Waals surface area contributed by atoms with E-state index in [-0.39, 0.29) is 29.7 Å². The number of nitrogens with one attached hydrogen (secondary N) is 1. The van der Waals surface area contributed by atoms with Crippen LogP contribution >= 0.6 is 0 Å². The van der Waals surface area contributed by atoms with E-state index in [0.29, 0.717) is 6.54 Å². The Morgan fingerprint density at radius 2 is 1.77 bits per heavy atom. The van der Waals surface area contributed by atoms with Gasteiger partial charge in [0.05, 0.1) is 20.1 Å². The Morgan fingerprint density at radius 3 is 2.38 bits per heavy atom. The number of hydrogen-bond acceptors (Lipinski definition) is 4. The molecule has 0 radical (unpaired) electrons. The van der Waals surface area contributed by atoms with Gasteiger partial charge in [-0.15, -0.1) is 0 Å². The average molecular weight is 357 g/mol. The molecule has 1 aliphatic rings. The molecule has 2 aromatic carbocycles. The summed E-state index contributed by atoms with van der Waals surface area (Å²) in [5.41, 5.74) is 2.11. The van der Waals surface area contributed by atoms with E-state index in [1.165, 1.54) is 19.2 Å². The van der Waals surface area contributed by atoms with Gasteiger partial charge in [-0.05, 0) is 48.2 Å². The summed E-state index contributed by atoms with van der Waals surface area (Å²) in [6, 6.07) is 14.5. The number of ether oxygens (including phenoxy) is 2. The number of carbonyl (C=O) groups is 1. The van der Waals surface area contributed by atoms with E-state index in [4.69, 9.17) is 9.47 Å². The molecule has 0 aliphatic heterocycles. The molecule has 1 aliphatic carbocycles. The molecule has 26 heavy (non-hydrogen) atoms. The number of hydrogen-bond donors (Lipinski definition) is 1. The molecule has 3 atom stereocenters. The van der Waals surface area contributed by atoms with Crippen molar-refractivity contribution in [3.05, 3.63) is 65.5 Å². The molecule has 0 heterocycles. The standard InChI is InChI=1S/C21H24FNO3/c1-25-17-9-3-14(4-10-17)13-23-19-12-11-18(21(24)26-2)20(19)15-5-7-16(22)8-6-15/h3-10,18-20,23H,11-13H2,1-2H3/t18-,19+,20+/m0/s1. The topological polar surface area (TPSA) is 47.6 Å². The van der Waals surface area contributed by atoms with Gasteiger partial charge in [0.1, 0.15) is 11.6 Å². The maximum absolute atomic E-state index is 13.3. The molecule has 2 aromatic rings. The van der Waals surface area contributed by atoms with Gasteiger partial charge in [-0.3, -0.25) is 4.79 Å². The maximum atomic E-state index is 13.3. The fourth-order valence-electron chi connectivity index (χ4n) is 3.79. The predicted octanol–water partition coefficient (Wildman–Crippen LogP) is 3.66. The van der Waals surface area contributed by atoms with Crippen molar-refractivity contribution in [2.45, 2.75) is 31.3 Å². The molecule has 138 valence electrons. The smallest absolute Gasteiger partial charge is 0.309 e. The van der Waals surface area contributed by atoms with E-state index >= 15 is 0 Å². The van der Waals surface area contributed by atoms with Gasteiger partial charge in [0.2, 0.25) is 0 Å². The summed E-state index contributed by atoms with van der Waals surface area (Å²) in [5, 5.41) is 3.57. The summed E-state index contributed by atoms with van der Waals surface area (Å²) in [6.07, 6.45) is 1.63. The van der Waals surface area contributed by atoms with Gasteiger partial charge >= 0.3 is 5.97 Å². The highest BCUT2D eigenvalue weighted by molar-refractivity contribution is 5.74. The number of halogens is 1. The van der Waals surface area contributed by atoms with Crippen molar-refractivity contribution in [3.8, 4) is 5.75 Å². The van der Waals surface area contributed by atoms with E-state index in [9.17, 15) is 9.18 Å². The first kappa shape index (κ1) is 18.4. The first-order valence-corrected chi connectivity index (χ1v) is 8.82. The van der Waals surface area contributed by atoms with Crippen molar-refractivity contribution in [1.29, 1.82) is 0 Å². The van der Waals surface area contributed by atoms with Crippen molar-refractivity contribution in [2.24, 2.45) is 5.92 Å². The van der Waals surface area contributed by atoms with Crippen LogP contribution in [0.2, 0.25) is 0 Å². The van der Waals surface area contributed by atoms with Crippen molar-refractivity contribution >= 4 is 5.97 Å². The Morgan fingerprint density at radius 1 is 1.08 bits per heavy atom. The minimum Gasteiger partial charge on any atom is -0.497 e. The lowest BCUT2D eigenvalue weighted by Gasteiger charge is -2.25. The Hall–Kier alpha value is -2.40. The fourth-order valence-corrected chi connectivity index (χ4v) is 3.79. The molecule has 1 N–H and O–H groups in total. The average Bonchev–Trinajstić information content (AvgIpc) is 3.10. The summed E-state index contributed by atoms with van der Waals surface area (Å²) in [4.78, 5) is 12.2. The monoisotopic (exact) mass is 357 g/mol. The number of esters is 1. The van der Waals surface area contributed by atoms with Gasteiger partial charge in [0.25, 0.3) is 0 Å². The normalized spacial score (nSPS) is 22.2. The zero-order chi connectivity index (χ0) is 18.5. The van der Waals surface area contributed by atoms with Crippen LogP contribution in [0.5, 0.6) is 5.75 Å². The van der Waals surface area contributed by atoms with Gasteiger partial charge in [0, 0.05) is 18.5 Å². The highest BCUT2D eigenvalue weighted by Gasteiger charge is 2.41. The zero-order valence-electron chi connectivity index (χ0n) is 15.1. The van der Waals surface area contributed by atoms with Crippen LogP contribution in [-0.4, -0.2) is 26.2 Å². The van der Waals surface area contributed by atoms with Crippen LogP contribution in [0.25, 0.3) is 0 Å². The van der Waals surface area contributed by atoms with Crippen LogP contribution in [-0.2, 0) is 16.1 Å². The Kier molecular flexibility index (Phi) is 5.89. The molecule has 5 heteroatoms. The van der Waals surface area contributed by atoms with Crippen LogP contribution in [0.1, 0.15) is 29.9 Å². The third-order valence-corrected chi connectivity index (χ3v) is 5.14. The van der Waals surface area contributed by atoms with Crippen LogP contribution in [0.3, 0.4) is 0 Å². The molecule has 4 nitrogen and oxygen atoms in total. The summed E-state index contributed by atoms with van der Waals surface area (Å²) in [5.74, 6) is 0.113. The summed E-state index contributed by atoms with van der Waals surface area (Å²) in [6.45, 7) is 0.695. The molecular formula is C21H24FNO3. The summed E-state index contributed by atoms with van der Waals surface area (Å²) in [7, 11) is 3.06. The van der Waals surface area contributed by atoms with Crippen LogP contribution < -0.4 is 10.1 Å². The molecule has 0 saturated heterocycles. The summed E-state index contributed by atoms with van der Waals surface area (Å²) >= 11 is 0. The molecule has 1 fully saturated rings. The van der Waals surface area contributed by atoms with Gasteiger partial charge < -0.3 is 14.8 Å². The van der Waals surface area contributed by atoms with E-state index in [1.54, 1.807) is 19.2 Å². The molecule has 0 spiro atoms. The number of benzene rings is 2. The first-order chi connectivity index (χ1) is 12.6. The van der Waals surface area contributed by atoms with E-state index in [0.717, 1.165) is 29.7 Å². The van der Waals surface area contributed by atoms with Crippen molar-refractivity contribution in [2.75, 3.05) is 14.2 Å². The molecule has 0 bridgehead atoms. The van der Waals surface area contributed by atoms with Crippen molar-refractivity contribution in [3.63, 3.8) is 0 Å². The minimum atomic E-state index is -0.274. The second kappa shape index (κ2) is 8.32. The molecule has 0 aromatic heterocycles. The summed E-state index contributed by atoms with van der Waals surface area (Å²) < 4.78 is 23.5. The van der Waals surface area contributed by atoms with Crippen LogP contribution in [0.15, 0.2) is 48.5 Å².